The van der Waals surface area contributed by atoms with Crippen molar-refractivity contribution < 1.29 is 0 Å². The molecule has 3 nitrogen and oxygen atoms in total. The summed E-state index contributed by atoms with van der Waals surface area (Å²) in [5.74, 6) is 0.828. The van der Waals surface area contributed by atoms with Crippen LogP contribution in [-0.4, -0.2) is 11.5 Å². The van der Waals surface area contributed by atoms with E-state index in [2.05, 4.69) is 10.3 Å². The molecule has 0 amide bonds. The topological polar surface area (TPSA) is 48.7 Å². The molecule has 1 fully saturated rings. The molecule has 14 heavy (non-hydrogen) atoms. The molecule has 3 heteroatoms. The van der Waals surface area contributed by atoms with Crippen molar-refractivity contribution in [2.45, 2.75) is 19.3 Å². The first-order valence-corrected chi connectivity index (χ1v) is 4.98. The molecule has 1 aromatic heterocycles. The van der Waals surface area contributed by atoms with Gasteiger partial charge < -0.3 is 5.32 Å². The van der Waals surface area contributed by atoms with Crippen molar-refractivity contribution in [3.8, 4) is 6.07 Å². The normalized spacial score (nSPS) is 15.6. The predicted octanol–water partition coefficient (Wildman–Crippen LogP) is 2.17. The molecule has 0 unspecified atom stereocenters. The van der Waals surface area contributed by atoms with Crippen LogP contribution in [0.5, 0.6) is 0 Å². The average molecular weight is 187 g/mol. The number of nitriles is 1. The second-order valence-electron chi connectivity index (χ2n) is 3.72. The summed E-state index contributed by atoms with van der Waals surface area (Å²) in [4.78, 5) is 3.92. The Balaban J connectivity index is 1.91. The molecule has 72 valence electrons. The first-order valence-electron chi connectivity index (χ1n) is 4.98. The van der Waals surface area contributed by atoms with Crippen LogP contribution in [0.1, 0.15) is 25.0 Å². The summed E-state index contributed by atoms with van der Waals surface area (Å²) in [6, 6.07) is 5.72. The quantitative estimate of drug-likeness (QED) is 0.788. The molecule has 0 aromatic carbocycles. The molecule has 1 heterocycles. The monoisotopic (exact) mass is 187 g/mol. The molecule has 1 aromatic rings. The van der Waals surface area contributed by atoms with Crippen molar-refractivity contribution in [3.63, 3.8) is 0 Å². The Hall–Kier alpha value is -1.56. The molecule has 2 rings (SSSR count). The Kier molecular flexibility index (Phi) is 2.64. The van der Waals surface area contributed by atoms with Crippen LogP contribution in [0.2, 0.25) is 0 Å². The highest BCUT2D eigenvalue weighted by molar-refractivity contribution is 5.45. The van der Waals surface area contributed by atoms with E-state index < -0.39 is 0 Å². The molecule has 0 bridgehead atoms. The minimum absolute atomic E-state index is 0.476. The highest BCUT2D eigenvalue weighted by atomic mass is 14.9. The van der Waals surface area contributed by atoms with Gasteiger partial charge in [0, 0.05) is 18.4 Å². The average Bonchev–Trinajstić information content (AvgIpc) is 2.16. The molecule has 0 saturated heterocycles. The fourth-order valence-electron chi connectivity index (χ4n) is 1.56. The van der Waals surface area contributed by atoms with E-state index in [9.17, 15) is 0 Å². The van der Waals surface area contributed by atoms with Gasteiger partial charge in [0.1, 0.15) is 11.8 Å². The van der Waals surface area contributed by atoms with Gasteiger partial charge in [0.05, 0.1) is 0 Å². The molecule has 1 saturated carbocycles. The molecule has 1 aliphatic carbocycles. The zero-order valence-corrected chi connectivity index (χ0v) is 8.03. The Morgan fingerprint density at radius 2 is 2.43 bits per heavy atom. The van der Waals surface area contributed by atoms with Crippen molar-refractivity contribution in [2.24, 2.45) is 5.92 Å². The third-order valence-corrected chi connectivity index (χ3v) is 2.69. The zero-order chi connectivity index (χ0) is 9.80. The smallest absolute Gasteiger partial charge is 0.142 e. The third kappa shape index (κ3) is 2.02. The minimum atomic E-state index is 0.476. The Morgan fingerprint density at radius 3 is 3.07 bits per heavy atom. The van der Waals surface area contributed by atoms with Gasteiger partial charge in [-0.2, -0.15) is 5.26 Å². The van der Waals surface area contributed by atoms with Crippen LogP contribution in [-0.2, 0) is 0 Å². The van der Waals surface area contributed by atoms with Gasteiger partial charge in [0.2, 0.25) is 0 Å². The maximum atomic E-state index is 8.66. The number of anilines is 1. The summed E-state index contributed by atoms with van der Waals surface area (Å²) in [5.41, 5.74) is 1.48. The number of nitrogens with zero attached hydrogens (tertiary/aromatic N) is 2. The maximum absolute atomic E-state index is 8.66. The molecular weight excluding hydrogens is 174 g/mol. The minimum Gasteiger partial charge on any atom is -0.385 e. The van der Waals surface area contributed by atoms with Gasteiger partial charge in [-0.3, -0.25) is 0 Å². The van der Waals surface area contributed by atoms with E-state index in [1.165, 1.54) is 19.3 Å². The third-order valence-electron chi connectivity index (χ3n) is 2.69. The number of hydrogen-bond donors (Lipinski definition) is 1. The highest BCUT2D eigenvalue weighted by Crippen LogP contribution is 2.26. The number of nitrogens with one attached hydrogen (secondary N) is 1. The first-order chi connectivity index (χ1) is 6.88. The van der Waals surface area contributed by atoms with Gasteiger partial charge in [-0.1, -0.05) is 6.42 Å². The molecule has 0 aliphatic heterocycles. The summed E-state index contributed by atoms with van der Waals surface area (Å²) >= 11 is 0. The zero-order valence-electron chi connectivity index (χ0n) is 8.03. The van der Waals surface area contributed by atoms with Crippen molar-refractivity contribution in [1.29, 1.82) is 5.26 Å². The van der Waals surface area contributed by atoms with Crippen LogP contribution in [0.15, 0.2) is 18.3 Å². The summed E-state index contributed by atoms with van der Waals surface area (Å²) < 4.78 is 0. The Morgan fingerprint density at radius 1 is 1.57 bits per heavy atom. The fraction of sp³-hybridized carbons (Fsp3) is 0.455. The lowest BCUT2D eigenvalue weighted by molar-refractivity contribution is 0.333. The van der Waals surface area contributed by atoms with Crippen LogP contribution in [0.25, 0.3) is 0 Å². The van der Waals surface area contributed by atoms with Crippen LogP contribution >= 0.6 is 0 Å². The van der Waals surface area contributed by atoms with Crippen LogP contribution in [0.3, 0.4) is 0 Å². The molecule has 0 atom stereocenters. The summed E-state index contributed by atoms with van der Waals surface area (Å²) in [6.45, 7) is 1.02. The van der Waals surface area contributed by atoms with Gasteiger partial charge in [-0.25, -0.2) is 4.98 Å². The fourth-order valence-corrected chi connectivity index (χ4v) is 1.56. The van der Waals surface area contributed by atoms with Crippen LogP contribution in [0, 0.1) is 17.2 Å². The van der Waals surface area contributed by atoms with E-state index in [0.29, 0.717) is 5.69 Å². The second kappa shape index (κ2) is 4.10. The molecule has 1 N–H and O–H groups in total. The van der Waals surface area contributed by atoms with Crippen molar-refractivity contribution in [1.82, 2.24) is 4.98 Å². The molecule has 0 radical (unpaired) electrons. The van der Waals surface area contributed by atoms with Crippen molar-refractivity contribution >= 4 is 5.69 Å². The molecular formula is C11H13N3. The SMILES string of the molecule is N#Cc1cc(NCC2CCC2)ccn1. The number of aromatic nitrogens is 1. The predicted molar refractivity (Wildman–Crippen MR) is 54.8 cm³/mol. The number of hydrogen-bond acceptors (Lipinski definition) is 3. The van der Waals surface area contributed by atoms with E-state index in [-0.39, 0.29) is 0 Å². The Bertz CT molecular complexity index is 350. The lowest BCUT2D eigenvalue weighted by atomic mass is 9.85. The molecule has 0 spiro atoms. The van der Waals surface area contributed by atoms with Gasteiger partial charge in [0.15, 0.2) is 0 Å². The van der Waals surface area contributed by atoms with Gasteiger partial charge in [-0.05, 0) is 30.9 Å². The lowest BCUT2D eigenvalue weighted by Gasteiger charge is -2.25. The largest absolute Gasteiger partial charge is 0.385 e. The second-order valence-corrected chi connectivity index (χ2v) is 3.72. The molecule has 1 aliphatic rings. The van der Waals surface area contributed by atoms with E-state index in [4.69, 9.17) is 5.26 Å². The number of rotatable bonds is 3. The summed E-state index contributed by atoms with van der Waals surface area (Å²) in [6.07, 6.45) is 5.71. The van der Waals surface area contributed by atoms with Gasteiger partial charge in [0.25, 0.3) is 0 Å². The van der Waals surface area contributed by atoms with Gasteiger partial charge in [-0.15, -0.1) is 0 Å². The Labute approximate surface area is 83.8 Å². The standard InChI is InChI=1S/C11H13N3/c12-7-11-6-10(4-5-13-11)14-8-9-2-1-3-9/h4-6,9H,1-3,8H2,(H,13,14). The summed E-state index contributed by atoms with van der Waals surface area (Å²) in [7, 11) is 0. The van der Waals surface area contributed by atoms with E-state index in [0.717, 1.165) is 18.2 Å². The number of pyridine rings is 1. The first kappa shape index (κ1) is 9.01. The van der Waals surface area contributed by atoms with E-state index in [1.807, 2.05) is 12.1 Å². The van der Waals surface area contributed by atoms with Crippen LogP contribution < -0.4 is 5.32 Å². The van der Waals surface area contributed by atoms with Crippen molar-refractivity contribution in [2.75, 3.05) is 11.9 Å². The maximum Gasteiger partial charge on any atom is 0.142 e. The van der Waals surface area contributed by atoms with Gasteiger partial charge >= 0.3 is 0 Å². The van der Waals surface area contributed by atoms with Crippen molar-refractivity contribution in [3.05, 3.63) is 24.0 Å². The summed E-state index contributed by atoms with van der Waals surface area (Å²) in [5, 5.41) is 12.0. The van der Waals surface area contributed by atoms with Crippen LogP contribution in [0.4, 0.5) is 5.69 Å². The highest BCUT2D eigenvalue weighted by Gasteiger charge is 2.16. The van der Waals surface area contributed by atoms with E-state index >= 15 is 0 Å². The lowest BCUT2D eigenvalue weighted by Crippen LogP contribution is -2.20. The van der Waals surface area contributed by atoms with E-state index in [1.54, 1.807) is 12.3 Å².